The van der Waals surface area contributed by atoms with Crippen LogP contribution >= 0.6 is 0 Å². The number of hydrogen-bond acceptors (Lipinski definition) is 6. The Morgan fingerprint density at radius 3 is 2.40 bits per heavy atom. The Morgan fingerprint density at radius 1 is 1.16 bits per heavy atom. The highest BCUT2D eigenvalue weighted by Gasteiger charge is 2.34. The van der Waals surface area contributed by atoms with Crippen molar-refractivity contribution in [2.24, 2.45) is 0 Å². The van der Waals surface area contributed by atoms with Gasteiger partial charge in [-0.2, -0.15) is 4.31 Å². The van der Waals surface area contributed by atoms with Crippen molar-refractivity contribution in [2.45, 2.75) is 37.8 Å². The van der Waals surface area contributed by atoms with Crippen LogP contribution in [-0.4, -0.2) is 64.4 Å². The molecule has 142 valence electrons. The topological polar surface area (TPSA) is 92.8 Å². The largest absolute Gasteiger partial charge is 0.493 e. The summed E-state index contributed by atoms with van der Waals surface area (Å²) in [5.74, 6) is 0.473. The van der Waals surface area contributed by atoms with Gasteiger partial charge in [-0.05, 0) is 38.1 Å². The molecular weight excluding hydrogens is 364 g/mol. The van der Waals surface area contributed by atoms with Crippen molar-refractivity contribution in [3.05, 3.63) is 24.3 Å². The van der Waals surface area contributed by atoms with Gasteiger partial charge in [0, 0.05) is 30.9 Å². The maximum absolute atomic E-state index is 12.8. The maximum atomic E-state index is 12.8. The van der Waals surface area contributed by atoms with E-state index in [1.165, 1.54) is 16.4 Å². The highest BCUT2D eigenvalue weighted by molar-refractivity contribution is 7.91. The number of piperazine rings is 1. The van der Waals surface area contributed by atoms with Gasteiger partial charge in [-0.1, -0.05) is 6.92 Å². The van der Waals surface area contributed by atoms with E-state index in [1.807, 2.05) is 13.8 Å². The lowest BCUT2D eigenvalue weighted by atomic mass is 10.1. The zero-order chi connectivity index (χ0) is 18.7. The Balaban J connectivity index is 2.06. The van der Waals surface area contributed by atoms with Crippen molar-refractivity contribution in [3.8, 4) is 5.75 Å². The molecule has 2 atom stereocenters. The van der Waals surface area contributed by atoms with Gasteiger partial charge >= 0.3 is 0 Å². The molecule has 1 aromatic rings. The molecule has 0 aromatic heterocycles. The summed E-state index contributed by atoms with van der Waals surface area (Å²) in [6.07, 6.45) is 0. The van der Waals surface area contributed by atoms with Gasteiger partial charge in [-0.25, -0.2) is 16.8 Å². The van der Waals surface area contributed by atoms with E-state index >= 15 is 0 Å². The first-order chi connectivity index (χ1) is 11.7. The molecule has 0 radical (unpaired) electrons. The van der Waals surface area contributed by atoms with Crippen molar-refractivity contribution < 1.29 is 21.6 Å². The van der Waals surface area contributed by atoms with Crippen molar-refractivity contribution in [2.75, 3.05) is 31.2 Å². The minimum Gasteiger partial charge on any atom is -0.493 e. The van der Waals surface area contributed by atoms with E-state index < -0.39 is 19.9 Å². The molecule has 7 nitrogen and oxygen atoms in total. The van der Waals surface area contributed by atoms with E-state index in [4.69, 9.17) is 4.74 Å². The lowest BCUT2D eigenvalue weighted by Crippen LogP contribution is -2.57. The third kappa shape index (κ3) is 4.93. The SMILES string of the molecule is CCS(=O)(=O)CCOc1ccc(S(=O)(=O)N2CCNC(C)C2C)cc1. The molecule has 1 fully saturated rings. The molecule has 9 heteroatoms. The second-order valence-electron chi connectivity index (χ2n) is 6.16. The molecule has 0 aliphatic carbocycles. The number of benzene rings is 1. The van der Waals surface area contributed by atoms with Crippen LogP contribution in [0.4, 0.5) is 0 Å². The van der Waals surface area contributed by atoms with Crippen molar-refractivity contribution in [1.82, 2.24) is 9.62 Å². The van der Waals surface area contributed by atoms with Crippen LogP contribution in [-0.2, 0) is 19.9 Å². The Morgan fingerprint density at radius 2 is 1.80 bits per heavy atom. The average Bonchev–Trinajstić information content (AvgIpc) is 2.57. The molecule has 1 heterocycles. The van der Waals surface area contributed by atoms with E-state index in [-0.39, 0.29) is 35.1 Å². The van der Waals surface area contributed by atoms with E-state index in [0.717, 1.165) is 0 Å². The molecule has 0 amide bonds. The monoisotopic (exact) mass is 390 g/mol. The van der Waals surface area contributed by atoms with Gasteiger partial charge in [0.05, 0.1) is 10.6 Å². The number of sulfonamides is 1. The second kappa shape index (κ2) is 8.03. The molecule has 1 aliphatic rings. The number of rotatable bonds is 7. The number of nitrogens with one attached hydrogen (secondary N) is 1. The van der Waals surface area contributed by atoms with Crippen LogP contribution in [0.2, 0.25) is 0 Å². The first kappa shape index (κ1) is 20.2. The second-order valence-corrected chi connectivity index (χ2v) is 10.5. The zero-order valence-electron chi connectivity index (χ0n) is 14.8. The van der Waals surface area contributed by atoms with E-state index in [2.05, 4.69) is 5.32 Å². The summed E-state index contributed by atoms with van der Waals surface area (Å²) in [7, 11) is -6.65. The van der Waals surface area contributed by atoms with E-state index in [9.17, 15) is 16.8 Å². The molecule has 25 heavy (non-hydrogen) atoms. The van der Waals surface area contributed by atoms with Crippen LogP contribution in [0.25, 0.3) is 0 Å². The molecule has 0 saturated carbocycles. The van der Waals surface area contributed by atoms with Gasteiger partial charge in [-0.3, -0.25) is 0 Å². The minimum atomic E-state index is -3.57. The van der Waals surface area contributed by atoms with Crippen LogP contribution in [0.5, 0.6) is 5.75 Å². The number of sulfone groups is 1. The molecule has 1 aliphatic heterocycles. The van der Waals surface area contributed by atoms with Crippen molar-refractivity contribution in [1.29, 1.82) is 0 Å². The van der Waals surface area contributed by atoms with E-state index in [1.54, 1.807) is 19.1 Å². The van der Waals surface area contributed by atoms with Gasteiger partial charge in [0.25, 0.3) is 0 Å². The first-order valence-electron chi connectivity index (χ1n) is 8.36. The number of ether oxygens (including phenoxy) is 1. The van der Waals surface area contributed by atoms with Crippen molar-refractivity contribution in [3.63, 3.8) is 0 Å². The zero-order valence-corrected chi connectivity index (χ0v) is 16.4. The summed E-state index contributed by atoms with van der Waals surface area (Å²) in [6.45, 7) is 6.55. The Hall–Kier alpha value is -1.16. The summed E-state index contributed by atoms with van der Waals surface area (Å²) < 4.78 is 55.4. The summed E-state index contributed by atoms with van der Waals surface area (Å²) >= 11 is 0. The average molecular weight is 391 g/mol. The van der Waals surface area contributed by atoms with Gasteiger partial charge < -0.3 is 10.1 Å². The smallest absolute Gasteiger partial charge is 0.243 e. The standard InChI is InChI=1S/C16H26N2O5S2/c1-4-24(19,20)12-11-23-15-5-7-16(8-6-15)25(21,22)18-10-9-17-13(2)14(18)3/h5-8,13-14,17H,4,9-12H2,1-3H3. The first-order valence-corrected chi connectivity index (χ1v) is 11.6. The summed E-state index contributed by atoms with van der Waals surface area (Å²) in [4.78, 5) is 0.210. The van der Waals surface area contributed by atoms with Crippen LogP contribution in [0, 0.1) is 0 Å². The van der Waals surface area contributed by atoms with Crippen LogP contribution in [0.1, 0.15) is 20.8 Å². The van der Waals surface area contributed by atoms with E-state index in [0.29, 0.717) is 18.8 Å². The van der Waals surface area contributed by atoms with Gasteiger partial charge in [0.2, 0.25) is 10.0 Å². The van der Waals surface area contributed by atoms with Gasteiger partial charge in [-0.15, -0.1) is 0 Å². The fraction of sp³-hybridized carbons (Fsp3) is 0.625. The highest BCUT2D eigenvalue weighted by Crippen LogP contribution is 2.23. The summed E-state index contributed by atoms with van der Waals surface area (Å²) in [6, 6.07) is 6.07. The number of nitrogens with zero attached hydrogens (tertiary/aromatic N) is 1. The highest BCUT2D eigenvalue weighted by atomic mass is 32.2. The molecular formula is C16H26N2O5S2. The maximum Gasteiger partial charge on any atom is 0.243 e. The lowest BCUT2D eigenvalue weighted by molar-refractivity contribution is 0.233. The Bertz CT molecular complexity index is 775. The normalized spacial score (nSPS) is 22.7. The third-order valence-corrected chi connectivity index (χ3v) is 8.18. The molecule has 0 spiro atoms. The predicted molar refractivity (Wildman–Crippen MR) is 97.1 cm³/mol. The van der Waals surface area contributed by atoms with Gasteiger partial charge in [0.1, 0.15) is 12.4 Å². The molecule has 2 rings (SSSR count). The minimum absolute atomic E-state index is 0.0502. The molecule has 0 bridgehead atoms. The molecule has 2 unspecified atom stereocenters. The lowest BCUT2D eigenvalue weighted by Gasteiger charge is -2.37. The fourth-order valence-electron chi connectivity index (χ4n) is 2.64. The Labute approximate surface area is 150 Å². The fourth-order valence-corrected chi connectivity index (χ4v) is 4.97. The molecule has 1 N–H and O–H groups in total. The van der Waals surface area contributed by atoms with Crippen LogP contribution in [0.3, 0.4) is 0 Å². The molecule has 1 aromatic carbocycles. The third-order valence-electron chi connectivity index (χ3n) is 4.51. The van der Waals surface area contributed by atoms with Gasteiger partial charge in [0.15, 0.2) is 9.84 Å². The van der Waals surface area contributed by atoms with Crippen LogP contribution in [0.15, 0.2) is 29.2 Å². The summed E-state index contributed by atoms with van der Waals surface area (Å²) in [5, 5.41) is 3.26. The Kier molecular flexibility index (Phi) is 6.47. The summed E-state index contributed by atoms with van der Waals surface area (Å²) in [5.41, 5.74) is 0. The quantitative estimate of drug-likeness (QED) is 0.743. The van der Waals surface area contributed by atoms with Crippen molar-refractivity contribution >= 4 is 19.9 Å². The molecule has 1 saturated heterocycles. The number of hydrogen-bond donors (Lipinski definition) is 1. The predicted octanol–water partition coefficient (Wildman–Crippen LogP) is 0.871. The van der Waals surface area contributed by atoms with Crippen LogP contribution < -0.4 is 10.1 Å².